The van der Waals surface area contributed by atoms with Crippen LogP contribution in [-0.2, 0) is 17.9 Å². The van der Waals surface area contributed by atoms with Gasteiger partial charge in [0.25, 0.3) is 0 Å². The lowest BCUT2D eigenvalue weighted by Gasteiger charge is -2.24. The van der Waals surface area contributed by atoms with Gasteiger partial charge in [-0.3, -0.25) is 4.79 Å². The Kier molecular flexibility index (Phi) is 7.96. The minimum absolute atomic E-state index is 0. The van der Waals surface area contributed by atoms with Crippen molar-refractivity contribution in [3.8, 4) is 0 Å². The summed E-state index contributed by atoms with van der Waals surface area (Å²) in [5.74, 6) is 0.247. The quantitative estimate of drug-likeness (QED) is 0.805. The van der Waals surface area contributed by atoms with Crippen LogP contribution < -0.4 is 5.32 Å². The fraction of sp³-hybridized carbons (Fsp3) is 0.381. The zero-order valence-electron chi connectivity index (χ0n) is 14.6. The van der Waals surface area contributed by atoms with E-state index in [1.807, 2.05) is 41.3 Å². The van der Waals surface area contributed by atoms with Crippen LogP contribution in [0.1, 0.15) is 36.8 Å². The number of halogens is 1. The van der Waals surface area contributed by atoms with Crippen molar-refractivity contribution >= 4 is 18.3 Å². The number of hydrogen-bond acceptors (Lipinski definition) is 2. The Hall–Kier alpha value is -1.84. The second-order valence-corrected chi connectivity index (χ2v) is 6.55. The van der Waals surface area contributed by atoms with E-state index in [4.69, 9.17) is 0 Å². The molecule has 0 aliphatic carbocycles. The Balaban J connectivity index is 0.00000225. The van der Waals surface area contributed by atoms with Crippen LogP contribution in [0.4, 0.5) is 0 Å². The molecule has 1 saturated heterocycles. The first-order chi connectivity index (χ1) is 11.8. The number of nitrogens with zero attached hydrogens (tertiary/aromatic N) is 1. The molecular formula is C21H27ClN2O. The van der Waals surface area contributed by atoms with E-state index in [0.717, 1.165) is 13.0 Å². The van der Waals surface area contributed by atoms with Gasteiger partial charge in [-0.1, -0.05) is 60.7 Å². The van der Waals surface area contributed by atoms with Crippen LogP contribution in [-0.4, -0.2) is 23.4 Å². The third-order valence-corrected chi connectivity index (χ3v) is 4.65. The second-order valence-electron chi connectivity index (χ2n) is 6.55. The summed E-state index contributed by atoms with van der Waals surface area (Å²) in [5, 5.41) is 3.48. The maximum Gasteiger partial charge on any atom is 0.223 e. The lowest BCUT2D eigenvalue weighted by Crippen LogP contribution is -2.31. The third-order valence-electron chi connectivity index (χ3n) is 4.65. The Labute approximate surface area is 156 Å². The van der Waals surface area contributed by atoms with Crippen LogP contribution in [0, 0.1) is 0 Å². The highest BCUT2D eigenvalue weighted by Gasteiger charge is 2.19. The lowest BCUT2D eigenvalue weighted by molar-refractivity contribution is -0.132. The normalized spacial score (nSPS) is 16.2. The molecule has 0 saturated carbocycles. The van der Waals surface area contributed by atoms with Crippen LogP contribution in [0.2, 0.25) is 0 Å². The zero-order valence-corrected chi connectivity index (χ0v) is 15.4. The molecule has 2 aromatic rings. The fourth-order valence-electron chi connectivity index (χ4n) is 3.30. The first-order valence-electron chi connectivity index (χ1n) is 8.90. The van der Waals surface area contributed by atoms with E-state index < -0.39 is 0 Å². The minimum atomic E-state index is 0. The van der Waals surface area contributed by atoms with E-state index in [1.54, 1.807) is 0 Å². The van der Waals surface area contributed by atoms with Gasteiger partial charge in [0.15, 0.2) is 0 Å². The second kappa shape index (κ2) is 10.2. The van der Waals surface area contributed by atoms with Crippen LogP contribution >= 0.6 is 12.4 Å². The fourth-order valence-corrected chi connectivity index (χ4v) is 3.30. The van der Waals surface area contributed by atoms with E-state index in [9.17, 15) is 4.79 Å². The van der Waals surface area contributed by atoms with Gasteiger partial charge >= 0.3 is 0 Å². The molecule has 1 aliphatic rings. The molecule has 0 aromatic heterocycles. The summed E-state index contributed by atoms with van der Waals surface area (Å²) in [6, 6.07) is 21.0. The van der Waals surface area contributed by atoms with Crippen molar-refractivity contribution in [3.05, 3.63) is 71.8 Å². The molecule has 1 aliphatic heterocycles. The van der Waals surface area contributed by atoms with E-state index in [2.05, 4.69) is 29.6 Å². The summed E-state index contributed by atoms with van der Waals surface area (Å²) in [7, 11) is 0. The molecule has 2 aromatic carbocycles. The van der Waals surface area contributed by atoms with Gasteiger partial charge in [-0.2, -0.15) is 0 Å². The largest absolute Gasteiger partial charge is 0.334 e. The van der Waals surface area contributed by atoms with Crippen LogP contribution in [0.5, 0.6) is 0 Å². The van der Waals surface area contributed by atoms with Crippen molar-refractivity contribution in [2.24, 2.45) is 0 Å². The highest BCUT2D eigenvalue weighted by molar-refractivity contribution is 5.85. The summed E-state index contributed by atoms with van der Waals surface area (Å²) in [5.41, 5.74) is 2.36. The maximum atomic E-state index is 12.8. The molecule has 25 heavy (non-hydrogen) atoms. The van der Waals surface area contributed by atoms with Crippen molar-refractivity contribution in [3.63, 3.8) is 0 Å². The molecule has 0 bridgehead atoms. The maximum absolute atomic E-state index is 12.8. The standard InChI is InChI=1S/C21H26N2O.ClH/c24-21(14-13-20-12-7-15-22-20)23(16-18-8-3-1-4-9-18)17-19-10-5-2-6-11-19;/h1-6,8-11,20,22H,7,12-17H2;1H. The van der Waals surface area contributed by atoms with Gasteiger partial charge < -0.3 is 10.2 Å². The molecule has 1 unspecified atom stereocenters. The molecule has 0 radical (unpaired) electrons. The molecule has 4 heteroatoms. The topological polar surface area (TPSA) is 32.3 Å². The van der Waals surface area contributed by atoms with Gasteiger partial charge in [0.1, 0.15) is 0 Å². The Bertz CT molecular complexity index is 585. The van der Waals surface area contributed by atoms with Crippen molar-refractivity contribution in [1.29, 1.82) is 0 Å². The summed E-state index contributed by atoms with van der Waals surface area (Å²) in [4.78, 5) is 14.8. The lowest BCUT2D eigenvalue weighted by atomic mass is 10.1. The van der Waals surface area contributed by atoms with Crippen LogP contribution in [0.25, 0.3) is 0 Å². The first kappa shape index (κ1) is 19.5. The summed E-state index contributed by atoms with van der Waals surface area (Å²) >= 11 is 0. The van der Waals surface area contributed by atoms with Crippen molar-refractivity contribution in [2.45, 2.75) is 44.8 Å². The van der Waals surface area contributed by atoms with E-state index in [0.29, 0.717) is 25.6 Å². The van der Waals surface area contributed by atoms with Gasteiger partial charge in [0.05, 0.1) is 0 Å². The predicted molar refractivity (Wildman–Crippen MR) is 105 cm³/mol. The number of carbonyl (C=O) groups excluding carboxylic acids is 1. The Morgan fingerprint density at radius 1 is 0.960 bits per heavy atom. The van der Waals surface area contributed by atoms with E-state index >= 15 is 0 Å². The highest BCUT2D eigenvalue weighted by atomic mass is 35.5. The average molecular weight is 359 g/mol. The van der Waals surface area contributed by atoms with E-state index in [-0.39, 0.29) is 18.3 Å². The number of amides is 1. The molecule has 1 fully saturated rings. The molecule has 3 rings (SSSR count). The highest BCUT2D eigenvalue weighted by Crippen LogP contribution is 2.15. The van der Waals surface area contributed by atoms with Gasteiger partial charge in [0.2, 0.25) is 5.91 Å². The van der Waals surface area contributed by atoms with E-state index in [1.165, 1.54) is 24.0 Å². The van der Waals surface area contributed by atoms with Crippen LogP contribution in [0.15, 0.2) is 60.7 Å². The monoisotopic (exact) mass is 358 g/mol. The average Bonchev–Trinajstić information content (AvgIpc) is 3.14. The SMILES string of the molecule is Cl.O=C(CCC1CCCN1)N(Cc1ccccc1)Cc1ccccc1. The van der Waals surface area contributed by atoms with Crippen LogP contribution in [0.3, 0.4) is 0 Å². The smallest absolute Gasteiger partial charge is 0.223 e. The molecule has 3 nitrogen and oxygen atoms in total. The number of carbonyl (C=O) groups is 1. The third kappa shape index (κ3) is 6.18. The van der Waals surface area contributed by atoms with Crippen molar-refractivity contribution in [2.75, 3.05) is 6.54 Å². The van der Waals surface area contributed by atoms with Gasteiger partial charge in [-0.05, 0) is 36.9 Å². The summed E-state index contributed by atoms with van der Waals surface area (Å²) < 4.78 is 0. The molecule has 134 valence electrons. The number of rotatable bonds is 7. The number of hydrogen-bond donors (Lipinski definition) is 1. The zero-order chi connectivity index (χ0) is 16.6. The van der Waals surface area contributed by atoms with Crippen molar-refractivity contribution < 1.29 is 4.79 Å². The van der Waals surface area contributed by atoms with Crippen molar-refractivity contribution in [1.82, 2.24) is 10.2 Å². The summed E-state index contributed by atoms with van der Waals surface area (Å²) in [6.45, 7) is 2.44. The minimum Gasteiger partial charge on any atom is -0.334 e. The molecule has 1 N–H and O–H groups in total. The summed E-state index contributed by atoms with van der Waals surface area (Å²) in [6.07, 6.45) is 4.00. The Morgan fingerprint density at radius 3 is 2.00 bits per heavy atom. The molecule has 0 spiro atoms. The van der Waals surface area contributed by atoms with Gasteiger partial charge in [-0.15, -0.1) is 12.4 Å². The molecule has 1 heterocycles. The first-order valence-corrected chi connectivity index (χ1v) is 8.90. The van der Waals surface area contributed by atoms with Gasteiger partial charge in [-0.25, -0.2) is 0 Å². The predicted octanol–water partition coefficient (Wildman–Crippen LogP) is 4.17. The molecule has 1 atom stereocenters. The molecular weight excluding hydrogens is 332 g/mol. The Morgan fingerprint density at radius 2 is 1.52 bits per heavy atom. The number of nitrogens with one attached hydrogen (secondary N) is 1. The van der Waals surface area contributed by atoms with Gasteiger partial charge in [0, 0.05) is 25.6 Å². The number of benzene rings is 2. The molecule has 1 amide bonds.